The highest BCUT2D eigenvalue weighted by molar-refractivity contribution is 6.28. The van der Waals surface area contributed by atoms with Gasteiger partial charge in [-0.1, -0.05) is 12.1 Å². The summed E-state index contributed by atoms with van der Waals surface area (Å²) in [6.45, 7) is 0.0679. The van der Waals surface area contributed by atoms with Gasteiger partial charge in [0.2, 0.25) is 12.0 Å². The van der Waals surface area contributed by atoms with Crippen LogP contribution in [-0.4, -0.2) is 30.4 Å². The number of carbonyl (C=O) groups is 2. The maximum atomic E-state index is 11.6. The lowest BCUT2D eigenvalue weighted by molar-refractivity contribution is -0.135. The lowest BCUT2D eigenvalue weighted by atomic mass is 10.2. The van der Waals surface area contributed by atoms with E-state index in [1.807, 2.05) is 0 Å². The van der Waals surface area contributed by atoms with E-state index in [-0.39, 0.29) is 12.5 Å². The van der Waals surface area contributed by atoms with E-state index >= 15 is 0 Å². The number of para-hydroxylation sites is 2. The number of fused-ring (bicyclic) bond motifs is 1. The summed E-state index contributed by atoms with van der Waals surface area (Å²) in [6.07, 6.45) is -0.836. The minimum Gasteiger partial charge on any atom is -0.485 e. The van der Waals surface area contributed by atoms with Crippen molar-refractivity contribution >= 4 is 23.4 Å². The highest BCUT2D eigenvalue weighted by Gasteiger charge is 2.28. The molecule has 1 aliphatic rings. The number of benzene rings is 1. The molecule has 1 heterocycles. The van der Waals surface area contributed by atoms with Crippen LogP contribution in [0.15, 0.2) is 24.3 Å². The van der Waals surface area contributed by atoms with Gasteiger partial charge in [0.15, 0.2) is 11.5 Å². The van der Waals surface area contributed by atoms with Gasteiger partial charge in [-0.25, -0.2) is 0 Å². The second-order valence-corrected chi connectivity index (χ2v) is 3.68. The van der Waals surface area contributed by atoms with Crippen molar-refractivity contribution in [3.8, 4) is 11.5 Å². The van der Waals surface area contributed by atoms with Crippen LogP contribution in [0.5, 0.6) is 11.5 Å². The van der Waals surface area contributed by atoms with Gasteiger partial charge in [-0.05, 0) is 12.1 Å². The number of amides is 2. The SMILES string of the molecule is O=C(CCl)NC(=O)[C@@H]1COc2ccccc2O1. The third-order valence-electron chi connectivity index (χ3n) is 2.19. The van der Waals surface area contributed by atoms with Gasteiger partial charge >= 0.3 is 0 Å². The number of halogens is 1. The second kappa shape index (κ2) is 5.05. The van der Waals surface area contributed by atoms with E-state index in [4.69, 9.17) is 21.1 Å². The molecule has 0 spiro atoms. The molecule has 1 aromatic carbocycles. The van der Waals surface area contributed by atoms with Crippen molar-refractivity contribution < 1.29 is 19.1 Å². The van der Waals surface area contributed by atoms with Gasteiger partial charge in [0.1, 0.15) is 12.5 Å². The van der Waals surface area contributed by atoms with Gasteiger partial charge in [0.25, 0.3) is 5.91 Å². The fourth-order valence-corrected chi connectivity index (χ4v) is 1.47. The van der Waals surface area contributed by atoms with Crippen LogP contribution in [0.3, 0.4) is 0 Å². The zero-order valence-electron chi connectivity index (χ0n) is 8.81. The predicted molar refractivity (Wildman–Crippen MR) is 60.2 cm³/mol. The summed E-state index contributed by atoms with van der Waals surface area (Å²) in [5.41, 5.74) is 0. The molecule has 6 heteroatoms. The summed E-state index contributed by atoms with van der Waals surface area (Å²) in [4.78, 5) is 22.5. The molecule has 1 aromatic rings. The minimum atomic E-state index is -0.836. The van der Waals surface area contributed by atoms with E-state index in [0.717, 1.165) is 0 Å². The molecule has 2 amide bonds. The first-order valence-corrected chi connectivity index (χ1v) is 5.52. The fraction of sp³-hybridized carbons (Fsp3) is 0.273. The zero-order valence-corrected chi connectivity index (χ0v) is 9.57. The second-order valence-electron chi connectivity index (χ2n) is 3.41. The molecule has 0 radical (unpaired) electrons. The third kappa shape index (κ3) is 2.68. The average Bonchev–Trinajstić information content (AvgIpc) is 2.38. The molecular formula is C11H10ClNO4. The number of nitrogens with one attached hydrogen (secondary N) is 1. The van der Waals surface area contributed by atoms with Crippen LogP contribution in [0.4, 0.5) is 0 Å². The summed E-state index contributed by atoms with van der Waals surface area (Å²) in [7, 11) is 0. The number of ether oxygens (including phenoxy) is 2. The minimum absolute atomic E-state index is 0.0679. The number of imide groups is 1. The molecule has 0 fully saturated rings. The molecular weight excluding hydrogens is 246 g/mol. The normalized spacial score (nSPS) is 17.4. The van der Waals surface area contributed by atoms with E-state index < -0.39 is 17.9 Å². The zero-order chi connectivity index (χ0) is 12.3. The van der Waals surface area contributed by atoms with Gasteiger partial charge in [0, 0.05) is 0 Å². The van der Waals surface area contributed by atoms with Crippen LogP contribution in [0.25, 0.3) is 0 Å². The summed E-state index contributed by atoms with van der Waals surface area (Å²) < 4.78 is 10.7. The lowest BCUT2D eigenvalue weighted by Crippen LogP contribution is -2.46. The fourth-order valence-electron chi connectivity index (χ4n) is 1.40. The predicted octanol–water partition coefficient (Wildman–Crippen LogP) is 0.708. The largest absolute Gasteiger partial charge is 0.485 e. The Labute approximate surface area is 103 Å². The molecule has 0 saturated heterocycles. The Morgan fingerprint density at radius 3 is 2.76 bits per heavy atom. The Balaban J connectivity index is 2.02. The average molecular weight is 256 g/mol. The van der Waals surface area contributed by atoms with E-state index in [1.165, 1.54) is 0 Å². The van der Waals surface area contributed by atoms with Gasteiger partial charge in [-0.3, -0.25) is 14.9 Å². The first-order chi connectivity index (χ1) is 8.20. The van der Waals surface area contributed by atoms with Gasteiger partial charge in [0.05, 0.1) is 0 Å². The van der Waals surface area contributed by atoms with Crippen molar-refractivity contribution in [3.63, 3.8) is 0 Å². The van der Waals surface area contributed by atoms with Crippen LogP contribution >= 0.6 is 11.6 Å². The molecule has 5 nitrogen and oxygen atoms in total. The Morgan fingerprint density at radius 1 is 1.35 bits per heavy atom. The summed E-state index contributed by atoms with van der Waals surface area (Å²) in [5, 5.41) is 2.12. The van der Waals surface area contributed by atoms with Crippen LogP contribution in [-0.2, 0) is 9.59 Å². The van der Waals surface area contributed by atoms with Crippen LogP contribution in [0.1, 0.15) is 0 Å². The van der Waals surface area contributed by atoms with Gasteiger partial charge in [-0.15, -0.1) is 11.6 Å². The maximum Gasteiger partial charge on any atom is 0.271 e. The molecule has 0 aliphatic carbocycles. The molecule has 1 N–H and O–H groups in total. The molecule has 0 saturated carbocycles. The first-order valence-electron chi connectivity index (χ1n) is 4.99. The molecule has 17 heavy (non-hydrogen) atoms. The monoisotopic (exact) mass is 255 g/mol. The molecule has 2 rings (SSSR count). The molecule has 1 aliphatic heterocycles. The molecule has 0 unspecified atom stereocenters. The Morgan fingerprint density at radius 2 is 2.06 bits per heavy atom. The van der Waals surface area contributed by atoms with Crippen LogP contribution < -0.4 is 14.8 Å². The molecule has 1 atom stereocenters. The highest BCUT2D eigenvalue weighted by atomic mass is 35.5. The first kappa shape index (κ1) is 11.7. The van der Waals surface area contributed by atoms with E-state index in [1.54, 1.807) is 24.3 Å². The van der Waals surface area contributed by atoms with Crippen molar-refractivity contribution in [2.24, 2.45) is 0 Å². The van der Waals surface area contributed by atoms with Crippen molar-refractivity contribution in [2.75, 3.05) is 12.5 Å². The number of rotatable bonds is 2. The maximum absolute atomic E-state index is 11.6. The molecule has 0 aromatic heterocycles. The van der Waals surface area contributed by atoms with Crippen molar-refractivity contribution in [2.45, 2.75) is 6.10 Å². The topological polar surface area (TPSA) is 64.6 Å². The summed E-state index contributed by atoms with van der Waals surface area (Å²) >= 11 is 5.28. The number of hydrogen-bond acceptors (Lipinski definition) is 4. The van der Waals surface area contributed by atoms with Gasteiger partial charge in [-0.2, -0.15) is 0 Å². The quantitative estimate of drug-likeness (QED) is 0.791. The standard InChI is InChI=1S/C11H10ClNO4/c12-5-10(14)13-11(15)9-6-16-7-3-1-2-4-8(7)17-9/h1-4,9H,5-6H2,(H,13,14,15)/t9-/m0/s1. The number of carbonyl (C=O) groups excluding carboxylic acids is 2. The van der Waals surface area contributed by atoms with Gasteiger partial charge < -0.3 is 9.47 Å². The number of hydrogen-bond donors (Lipinski definition) is 1. The van der Waals surface area contributed by atoms with Crippen molar-refractivity contribution in [1.82, 2.24) is 5.32 Å². The Kier molecular flexibility index (Phi) is 3.49. The Bertz CT molecular complexity index is 449. The summed E-state index contributed by atoms with van der Waals surface area (Å²) in [6, 6.07) is 7.01. The lowest BCUT2D eigenvalue weighted by Gasteiger charge is -2.25. The van der Waals surface area contributed by atoms with Crippen LogP contribution in [0.2, 0.25) is 0 Å². The van der Waals surface area contributed by atoms with Crippen molar-refractivity contribution in [3.05, 3.63) is 24.3 Å². The summed E-state index contributed by atoms with van der Waals surface area (Å²) in [5.74, 6) is -0.308. The van der Waals surface area contributed by atoms with Crippen LogP contribution in [0, 0.1) is 0 Å². The van der Waals surface area contributed by atoms with E-state index in [0.29, 0.717) is 11.5 Å². The molecule has 0 bridgehead atoms. The molecule has 90 valence electrons. The third-order valence-corrected chi connectivity index (χ3v) is 2.43. The van der Waals surface area contributed by atoms with Crippen molar-refractivity contribution in [1.29, 1.82) is 0 Å². The number of alkyl halides is 1. The van der Waals surface area contributed by atoms with E-state index in [9.17, 15) is 9.59 Å². The Hall–Kier alpha value is -1.75. The highest BCUT2D eigenvalue weighted by Crippen LogP contribution is 2.30. The smallest absolute Gasteiger partial charge is 0.271 e. The van der Waals surface area contributed by atoms with E-state index in [2.05, 4.69) is 5.32 Å².